The van der Waals surface area contributed by atoms with Gasteiger partial charge in [-0.25, -0.2) is 0 Å². The number of thiophene rings is 1. The molecule has 2 aliphatic rings. The minimum Gasteiger partial charge on any atom is -0.376 e. The maximum absolute atomic E-state index is 12.3. The first-order chi connectivity index (χ1) is 11.1. The van der Waals surface area contributed by atoms with Gasteiger partial charge in [0.1, 0.15) is 11.1 Å². The van der Waals surface area contributed by atoms with Gasteiger partial charge in [-0.1, -0.05) is 0 Å². The lowest BCUT2D eigenvalue weighted by atomic mass is 10.1. The normalized spacial score (nSPS) is 24.2. The summed E-state index contributed by atoms with van der Waals surface area (Å²) < 4.78 is 5.61. The van der Waals surface area contributed by atoms with E-state index in [1.165, 1.54) is 4.88 Å². The van der Waals surface area contributed by atoms with Crippen molar-refractivity contribution in [3.05, 3.63) is 16.0 Å². The highest BCUT2D eigenvalue weighted by Gasteiger charge is 2.25. The van der Waals surface area contributed by atoms with E-state index in [2.05, 4.69) is 30.1 Å². The van der Waals surface area contributed by atoms with Gasteiger partial charge < -0.3 is 10.1 Å². The van der Waals surface area contributed by atoms with Crippen molar-refractivity contribution in [2.75, 3.05) is 25.0 Å². The summed E-state index contributed by atoms with van der Waals surface area (Å²) in [6, 6.07) is 2.61. The average Bonchev–Trinajstić information content (AvgIpc) is 3.08. The maximum atomic E-state index is 12.3. The van der Waals surface area contributed by atoms with Crippen LogP contribution in [-0.2, 0) is 22.4 Å². The van der Waals surface area contributed by atoms with Crippen molar-refractivity contribution < 1.29 is 9.53 Å². The third-order valence-electron chi connectivity index (χ3n) is 4.65. The number of carbonyl (C=O) groups excluding carboxylic acids is 1. The predicted octanol–water partition coefficient (Wildman–Crippen LogP) is 2.55. The molecule has 2 atom stereocenters. The summed E-state index contributed by atoms with van der Waals surface area (Å²) in [5.74, 6) is -0.00670. The molecule has 0 saturated carbocycles. The largest absolute Gasteiger partial charge is 0.376 e. The molecule has 0 spiro atoms. The van der Waals surface area contributed by atoms with Gasteiger partial charge in [0.05, 0.1) is 18.3 Å². The summed E-state index contributed by atoms with van der Waals surface area (Å²) in [4.78, 5) is 15.8. The van der Waals surface area contributed by atoms with E-state index in [0.29, 0.717) is 18.0 Å². The molecule has 1 aromatic rings. The van der Waals surface area contributed by atoms with Crippen LogP contribution in [0.4, 0.5) is 5.00 Å². The lowest BCUT2D eigenvalue weighted by Gasteiger charge is -2.36. The second-order valence-corrected chi connectivity index (χ2v) is 7.56. The molecule has 1 saturated heterocycles. The molecule has 2 heterocycles. The van der Waals surface area contributed by atoms with Crippen molar-refractivity contribution >= 4 is 22.2 Å². The third-order valence-corrected chi connectivity index (χ3v) is 5.86. The van der Waals surface area contributed by atoms with Crippen LogP contribution in [0.1, 0.15) is 42.7 Å². The van der Waals surface area contributed by atoms with Gasteiger partial charge in [0.15, 0.2) is 0 Å². The summed E-state index contributed by atoms with van der Waals surface area (Å²) in [6.45, 7) is 6.50. The quantitative estimate of drug-likeness (QED) is 0.919. The predicted molar refractivity (Wildman–Crippen MR) is 90.8 cm³/mol. The Morgan fingerprint density at radius 3 is 3.09 bits per heavy atom. The Morgan fingerprint density at radius 2 is 2.30 bits per heavy atom. The van der Waals surface area contributed by atoms with E-state index in [-0.39, 0.29) is 12.0 Å². The van der Waals surface area contributed by atoms with Gasteiger partial charge in [0.2, 0.25) is 5.91 Å². The fourth-order valence-corrected chi connectivity index (χ4v) is 4.58. The number of nitriles is 1. The zero-order chi connectivity index (χ0) is 16.4. The number of rotatable bonds is 4. The van der Waals surface area contributed by atoms with Crippen molar-refractivity contribution in [3.63, 3.8) is 0 Å². The second kappa shape index (κ2) is 7.00. The Hall–Kier alpha value is -1.42. The topological polar surface area (TPSA) is 65.4 Å². The van der Waals surface area contributed by atoms with Gasteiger partial charge >= 0.3 is 0 Å². The number of carbonyl (C=O) groups is 1. The number of ether oxygens (including phenoxy) is 1. The number of nitrogens with zero attached hydrogens (tertiary/aromatic N) is 2. The zero-order valence-corrected chi connectivity index (χ0v) is 14.5. The van der Waals surface area contributed by atoms with Crippen LogP contribution >= 0.6 is 11.3 Å². The van der Waals surface area contributed by atoms with Crippen molar-refractivity contribution in [1.29, 1.82) is 5.26 Å². The van der Waals surface area contributed by atoms with Crippen LogP contribution in [0.15, 0.2) is 0 Å². The Bertz CT molecular complexity index is 635. The highest BCUT2D eigenvalue weighted by Crippen LogP contribution is 2.38. The summed E-state index contributed by atoms with van der Waals surface area (Å²) >= 11 is 1.58. The molecule has 1 N–H and O–H groups in total. The van der Waals surface area contributed by atoms with Crippen LogP contribution in [0.3, 0.4) is 0 Å². The molecule has 1 amide bonds. The molecule has 1 aliphatic carbocycles. The van der Waals surface area contributed by atoms with E-state index in [1.54, 1.807) is 11.3 Å². The van der Waals surface area contributed by atoms with Gasteiger partial charge in [0.25, 0.3) is 0 Å². The molecule has 0 radical (unpaired) electrons. The first kappa shape index (κ1) is 16.4. The lowest BCUT2D eigenvalue weighted by molar-refractivity contribution is -0.117. The number of morpholine rings is 1. The molecule has 5 nitrogen and oxygen atoms in total. The Morgan fingerprint density at radius 1 is 1.48 bits per heavy atom. The highest BCUT2D eigenvalue weighted by atomic mass is 32.1. The molecule has 6 heteroatoms. The smallest absolute Gasteiger partial charge is 0.226 e. The molecule has 23 heavy (non-hydrogen) atoms. The first-order valence-corrected chi connectivity index (χ1v) is 9.10. The van der Waals surface area contributed by atoms with Crippen molar-refractivity contribution in [2.45, 2.75) is 51.7 Å². The van der Waals surface area contributed by atoms with Crippen molar-refractivity contribution in [2.24, 2.45) is 0 Å². The van der Waals surface area contributed by atoms with E-state index in [4.69, 9.17) is 4.74 Å². The van der Waals surface area contributed by atoms with Crippen molar-refractivity contribution in [3.8, 4) is 6.07 Å². The summed E-state index contributed by atoms with van der Waals surface area (Å²) in [6.07, 6.45) is 3.79. The van der Waals surface area contributed by atoms with Crippen molar-refractivity contribution in [1.82, 2.24) is 4.90 Å². The molecular formula is C17H23N3O2S. The number of aryl methyl sites for hydroxylation is 1. The molecule has 1 aromatic heterocycles. The molecule has 1 fully saturated rings. The molecule has 3 rings (SSSR count). The number of anilines is 1. The van der Waals surface area contributed by atoms with Crippen LogP contribution in [0.2, 0.25) is 0 Å². The Kier molecular flexibility index (Phi) is 5.00. The van der Waals surface area contributed by atoms with E-state index >= 15 is 0 Å². The first-order valence-electron chi connectivity index (χ1n) is 8.28. The van der Waals surface area contributed by atoms with Crippen LogP contribution < -0.4 is 5.32 Å². The van der Waals surface area contributed by atoms with E-state index in [9.17, 15) is 10.1 Å². The van der Waals surface area contributed by atoms with E-state index in [0.717, 1.165) is 49.5 Å². The number of amides is 1. The standard InChI is InChI=1S/C17H23N3O2S/c1-11-10-22-12(2)9-20(11)7-6-16(21)19-17-14(8-18)13-4-3-5-15(13)23-17/h11-12H,3-7,9-10H2,1-2H3,(H,19,21)/t11-,12-/m1/s1. The van der Waals surface area contributed by atoms with Gasteiger partial charge in [-0.2, -0.15) is 5.26 Å². The average molecular weight is 333 g/mol. The fourth-order valence-electron chi connectivity index (χ4n) is 3.33. The van der Waals surface area contributed by atoms with Gasteiger partial charge in [-0.3, -0.25) is 9.69 Å². The number of hydrogen-bond acceptors (Lipinski definition) is 5. The summed E-state index contributed by atoms with van der Waals surface area (Å²) in [5.41, 5.74) is 1.84. The fraction of sp³-hybridized carbons (Fsp3) is 0.647. The summed E-state index contributed by atoms with van der Waals surface area (Å²) in [7, 11) is 0. The van der Waals surface area contributed by atoms with Crippen LogP contribution in [0.25, 0.3) is 0 Å². The van der Waals surface area contributed by atoms with E-state index in [1.807, 2.05) is 0 Å². The Balaban J connectivity index is 1.57. The molecule has 0 unspecified atom stereocenters. The minimum atomic E-state index is -0.00670. The number of nitrogens with one attached hydrogen (secondary N) is 1. The molecule has 0 bridgehead atoms. The van der Waals surface area contributed by atoms with Gasteiger partial charge in [-0.15, -0.1) is 11.3 Å². The molecular weight excluding hydrogens is 310 g/mol. The maximum Gasteiger partial charge on any atom is 0.226 e. The SMILES string of the molecule is C[C@@H]1CN(CCC(=O)Nc2sc3c(c2C#N)CCC3)[C@H](C)CO1. The van der Waals surface area contributed by atoms with Crippen LogP contribution in [-0.4, -0.2) is 42.6 Å². The molecule has 1 aliphatic heterocycles. The molecule has 0 aromatic carbocycles. The number of hydrogen-bond donors (Lipinski definition) is 1. The highest BCUT2D eigenvalue weighted by molar-refractivity contribution is 7.16. The second-order valence-electron chi connectivity index (χ2n) is 6.46. The summed E-state index contributed by atoms with van der Waals surface area (Å²) in [5, 5.41) is 13.1. The minimum absolute atomic E-state index is 0.00670. The van der Waals surface area contributed by atoms with Crippen LogP contribution in [0, 0.1) is 11.3 Å². The van der Waals surface area contributed by atoms with Gasteiger partial charge in [-0.05, 0) is 38.7 Å². The van der Waals surface area contributed by atoms with Crippen LogP contribution in [0.5, 0.6) is 0 Å². The molecule has 124 valence electrons. The number of fused-ring (bicyclic) bond motifs is 1. The van der Waals surface area contributed by atoms with E-state index < -0.39 is 0 Å². The lowest BCUT2D eigenvalue weighted by Crippen LogP contribution is -2.48. The van der Waals surface area contributed by atoms with Gasteiger partial charge in [0, 0.05) is 30.4 Å². The Labute approximate surface area is 141 Å². The monoisotopic (exact) mass is 333 g/mol. The zero-order valence-electron chi connectivity index (χ0n) is 13.7. The third kappa shape index (κ3) is 3.57.